The molecule has 0 spiro atoms. The minimum atomic E-state index is -1.64. The normalized spacial score (nSPS) is 26.6. The molecule has 0 saturated heterocycles. The van der Waals surface area contributed by atoms with Crippen molar-refractivity contribution in [3.63, 3.8) is 0 Å². The van der Waals surface area contributed by atoms with Gasteiger partial charge in [-0.2, -0.15) is 0 Å². The zero-order valence-corrected chi connectivity index (χ0v) is 17.8. The van der Waals surface area contributed by atoms with Gasteiger partial charge in [-0.1, -0.05) is 18.7 Å². The number of halogens is 3. The molecule has 164 valence electrons. The van der Waals surface area contributed by atoms with Crippen molar-refractivity contribution >= 4 is 28.5 Å². The van der Waals surface area contributed by atoms with Gasteiger partial charge in [-0.05, 0) is 18.9 Å². The number of aliphatic imine (C=N–C) groups is 1. The molecule has 3 N–H and O–H groups in total. The summed E-state index contributed by atoms with van der Waals surface area (Å²) in [6.07, 6.45) is 1.27. The van der Waals surface area contributed by atoms with Gasteiger partial charge in [0.1, 0.15) is 17.9 Å². The first-order chi connectivity index (χ1) is 14.7. The lowest BCUT2D eigenvalue weighted by molar-refractivity contribution is 0.102. The Bertz CT molecular complexity index is 1100. The Kier molecular flexibility index (Phi) is 5.32. The number of anilines is 1. The molecule has 1 aromatic carbocycles. The second-order valence-corrected chi connectivity index (χ2v) is 8.79. The van der Waals surface area contributed by atoms with Crippen molar-refractivity contribution in [2.45, 2.75) is 24.6 Å². The summed E-state index contributed by atoms with van der Waals surface area (Å²) in [4.78, 5) is 24.9. The number of alkyl halides is 1. The average molecular weight is 451 g/mol. The summed E-state index contributed by atoms with van der Waals surface area (Å²) >= 11 is 1.31. The van der Waals surface area contributed by atoms with E-state index in [0.29, 0.717) is 0 Å². The van der Waals surface area contributed by atoms with E-state index in [-0.39, 0.29) is 50.8 Å². The lowest BCUT2D eigenvalue weighted by atomic mass is 9.84. The predicted octanol–water partition coefficient (Wildman–Crippen LogP) is 3.18. The van der Waals surface area contributed by atoms with Crippen LogP contribution >= 0.6 is 11.8 Å². The van der Waals surface area contributed by atoms with Gasteiger partial charge >= 0.3 is 0 Å². The maximum atomic E-state index is 14.8. The molecule has 1 aromatic heterocycles. The molecule has 4 atom stereocenters. The number of hydrogen-bond donors (Lipinski definition) is 2. The summed E-state index contributed by atoms with van der Waals surface area (Å²) in [5.41, 5.74) is 4.17. The van der Waals surface area contributed by atoms with Crippen LogP contribution in [-0.4, -0.2) is 40.1 Å². The third-order valence-corrected chi connectivity index (χ3v) is 7.05. The van der Waals surface area contributed by atoms with Crippen LogP contribution in [0.1, 0.15) is 28.7 Å². The zero-order valence-electron chi connectivity index (χ0n) is 16.9. The molecule has 1 aliphatic heterocycles. The van der Waals surface area contributed by atoms with Crippen molar-refractivity contribution in [1.29, 1.82) is 0 Å². The summed E-state index contributed by atoms with van der Waals surface area (Å²) < 4.78 is 48.7. The van der Waals surface area contributed by atoms with Gasteiger partial charge in [-0.3, -0.25) is 4.79 Å². The van der Waals surface area contributed by atoms with Gasteiger partial charge in [0.25, 0.3) is 5.91 Å². The zero-order chi connectivity index (χ0) is 22.5. The van der Waals surface area contributed by atoms with Crippen LogP contribution in [-0.2, 0) is 5.54 Å². The Morgan fingerprint density at radius 1 is 1.39 bits per heavy atom. The second kappa shape index (κ2) is 7.70. The van der Waals surface area contributed by atoms with Gasteiger partial charge in [-0.25, -0.2) is 28.1 Å². The van der Waals surface area contributed by atoms with Gasteiger partial charge in [0.15, 0.2) is 16.8 Å². The Morgan fingerprint density at radius 3 is 2.77 bits per heavy atom. The fourth-order valence-electron chi connectivity index (χ4n) is 4.13. The van der Waals surface area contributed by atoms with E-state index < -0.39 is 29.8 Å². The molecule has 1 saturated carbocycles. The van der Waals surface area contributed by atoms with Crippen LogP contribution in [0.5, 0.6) is 5.88 Å². The maximum Gasteiger partial charge on any atom is 0.276 e. The van der Waals surface area contributed by atoms with E-state index >= 15 is 0 Å². The molecule has 0 unspecified atom stereocenters. The van der Waals surface area contributed by atoms with Gasteiger partial charge in [-0.15, -0.1) is 0 Å². The van der Waals surface area contributed by atoms with Crippen molar-refractivity contribution in [3.8, 4) is 5.88 Å². The lowest BCUT2D eigenvalue weighted by Crippen LogP contribution is -2.37. The first kappa shape index (κ1) is 21.4. The topological polar surface area (TPSA) is 102 Å². The molecular weight excluding hydrogens is 431 g/mol. The number of amidine groups is 1. The van der Waals surface area contributed by atoms with Crippen LogP contribution in [0.15, 0.2) is 23.3 Å². The first-order valence-electron chi connectivity index (χ1n) is 9.48. The number of nitrogens with zero attached hydrogens (tertiary/aromatic N) is 3. The largest absolute Gasteiger partial charge is 0.480 e. The molecule has 0 bridgehead atoms. The Labute approximate surface area is 180 Å². The van der Waals surface area contributed by atoms with Crippen molar-refractivity contribution in [2.24, 2.45) is 22.6 Å². The summed E-state index contributed by atoms with van der Waals surface area (Å²) in [6.45, 7) is 2.41. The Balaban J connectivity index is 1.72. The predicted molar refractivity (Wildman–Crippen MR) is 111 cm³/mol. The molecule has 2 aromatic rings. The maximum absolute atomic E-state index is 14.8. The van der Waals surface area contributed by atoms with E-state index in [1.54, 1.807) is 6.92 Å². The number of carbonyl (C=O) groups is 1. The van der Waals surface area contributed by atoms with E-state index in [4.69, 9.17) is 10.5 Å². The van der Waals surface area contributed by atoms with Crippen LogP contribution in [0.25, 0.3) is 0 Å². The molecule has 11 heteroatoms. The minimum Gasteiger partial charge on any atom is -0.480 e. The highest BCUT2D eigenvalue weighted by atomic mass is 32.2. The SMILES string of the molecule is COc1cnc(C(=O)Nc2cc(F)c(F)c([C@@]3(CF)N=C(N)S[C@H]4[C@@H](C)[C@H]43)c2)c(C)n1. The minimum absolute atomic E-state index is 0.0144. The van der Waals surface area contributed by atoms with Gasteiger partial charge in [0.2, 0.25) is 5.88 Å². The van der Waals surface area contributed by atoms with Crippen molar-refractivity contribution in [2.75, 3.05) is 19.1 Å². The number of methoxy groups -OCH3 is 1. The summed E-state index contributed by atoms with van der Waals surface area (Å²) in [5, 5.41) is 2.58. The van der Waals surface area contributed by atoms with Crippen LogP contribution < -0.4 is 15.8 Å². The van der Waals surface area contributed by atoms with Gasteiger partial charge in [0, 0.05) is 28.5 Å². The molecule has 7 nitrogen and oxygen atoms in total. The molecule has 1 amide bonds. The number of ether oxygens (including phenoxy) is 1. The number of carbonyl (C=O) groups excluding carboxylic acids is 1. The summed E-state index contributed by atoms with van der Waals surface area (Å²) in [5.74, 6) is -3.19. The fourth-order valence-corrected chi connectivity index (χ4v) is 5.54. The van der Waals surface area contributed by atoms with Crippen molar-refractivity contribution in [3.05, 3.63) is 46.9 Å². The monoisotopic (exact) mass is 451 g/mol. The molecule has 0 radical (unpaired) electrons. The van der Waals surface area contributed by atoms with E-state index in [1.807, 2.05) is 6.92 Å². The number of nitrogens with one attached hydrogen (secondary N) is 1. The molecule has 1 fully saturated rings. The number of thioether (sulfide) groups is 1. The van der Waals surface area contributed by atoms with Crippen molar-refractivity contribution < 1.29 is 22.7 Å². The number of hydrogen-bond acceptors (Lipinski definition) is 7. The molecule has 2 aliphatic rings. The number of benzene rings is 1. The number of nitrogens with two attached hydrogens (primary N) is 1. The van der Waals surface area contributed by atoms with Crippen LogP contribution in [0.3, 0.4) is 0 Å². The highest BCUT2D eigenvalue weighted by molar-refractivity contribution is 8.14. The molecule has 4 rings (SSSR count). The smallest absolute Gasteiger partial charge is 0.276 e. The third kappa shape index (κ3) is 3.50. The molecule has 1 aliphatic carbocycles. The average Bonchev–Trinajstić information content (AvgIpc) is 3.39. The quantitative estimate of drug-likeness (QED) is 0.724. The fraction of sp³-hybridized carbons (Fsp3) is 0.400. The molecular formula is C20H20F3N5O2S. The number of amides is 1. The highest BCUT2D eigenvalue weighted by Gasteiger charge is 2.63. The van der Waals surface area contributed by atoms with Crippen LogP contribution in [0, 0.1) is 30.4 Å². The van der Waals surface area contributed by atoms with E-state index in [2.05, 4.69) is 20.3 Å². The molecule has 31 heavy (non-hydrogen) atoms. The second-order valence-electron chi connectivity index (χ2n) is 7.60. The standard InChI is InChI=1S/C20H20F3N5O2S/c1-8-14-17(8)31-19(24)28-20(14,7-21)11-4-10(5-12(22)15(11)23)27-18(29)16-9(2)26-13(30-3)6-25-16/h4-6,8,14,17H,7H2,1-3H3,(H2,24,28)(H,27,29)/t8-,14+,17-,20+/m0/s1. The van der Waals surface area contributed by atoms with E-state index in [1.165, 1.54) is 31.1 Å². The van der Waals surface area contributed by atoms with Crippen LogP contribution in [0.2, 0.25) is 0 Å². The van der Waals surface area contributed by atoms with Crippen molar-refractivity contribution in [1.82, 2.24) is 9.97 Å². The van der Waals surface area contributed by atoms with Gasteiger partial charge < -0.3 is 15.8 Å². The number of aromatic nitrogens is 2. The highest BCUT2D eigenvalue weighted by Crippen LogP contribution is 2.62. The van der Waals surface area contributed by atoms with E-state index in [9.17, 15) is 18.0 Å². The number of rotatable bonds is 5. The Hall–Kier alpha value is -2.82. The van der Waals surface area contributed by atoms with Gasteiger partial charge in [0.05, 0.1) is 19.0 Å². The third-order valence-electron chi connectivity index (χ3n) is 5.72. The van der Waals surface area contributed by atoms with Crippen LogP contribution in [0.4, 0.5) is 18.9 Å². The Morgan fingerprint density at radius 2 is 2.13 bits per heavy atom. The van der Waals surface area contributed by atoms with E-state index in [0.717, 1.165) is 6.07 Å². The summed E-state index contributed by atoms with van der Waals surface area (Å²) in [7, 11) is 1.41. The lowest BCUT2D eigenvalue weighted by Gasteiger charge is -2.32. The number of aryl methyl sites for hydroxylation is 1. The first-order valence-corrected chi connectivity index (χ1v) is 10.4. The number of fused-ring (bicyclic) bond motifs is 1. The summed E-state index contributed by atoms with van der Waals surface area (Å²) in [6, 6.07) is 2.03. The molecule has 2 heterocycles.